The number of rotatable bonds is 7. The fourth-order valence-corrected chi connectivity index (χ4v) is 4.83. The van der Waals surface area contributed by atoms with Crippen molar-refractivity contribution in [3.05, 3.63) is 76.9 Å². The van der Waals surface area contributed by atoms with Crippen LogP contribution in [0.2, 0.25) is 0 Å². The summed E-state index contributed by atoms with van der Waals surface area (Å²) in [6, 6.07) is 14.4. The van der Waals surface area contributed by atoms with Gasteiger partial charge in [-0.1, -0.05) is 58.0 Å². The van der Waals surface area contributed by atoms with E-state index in [2.05, 4.69) is 56.1 Å². The maximum Gasteiger partial charge on any atom is 0.304 e. The Morgan fingerprint density at radius 1 is 1.06 bits per heavy atom. The molecule has 3 aromatic rings. The Labute approximate surface area is 195 Å². The van der Waals surface area contributed by atoms with E-state index < -0.39 is 5.97 Å². The van der Waals surface area contributed by atoms with E-state index in [0.29, 0.717) is 12.4 Å². The number of hydrogen-bond donors (Lipinski definition) is 1. The molecule has 1 heterocycles. The lowest BCUT2D eigenvalue weighted by Gasteiger charge is -2.42. The van der Waals surface area contributed by atoms with Crippen LogP contribution < -0.4 is 4.74 Å². The van der Waals surface area contributed by atoms with Gasteiger partial charge in [0, 0.05) is 7.05 Å². The zero-order chi connectivity index (χ0) is 23.8. The molecule has 1 aromatic heterocycles. The topological polar surface area (TPSA) is 77.2 Å². The molecule has 0 amide bonds. The summed E-state index contributed by atoms with van der Waals surface area (Å²) in [4.78, 5) is 11.4. The smallest absolute Gasteiger partial charge is 0.304 e. The zero-order valence-electron chi connectivity index (χ0n) is 20.1. The van der Waals surface area contributed by atoms with Crippen molar-refractivity contribution in [3.8, 4) is 5.75 Å². The number of hydrogen-bond acceptors (Lipinski definition) is 4. The number of carbonyl (C=O) groups is 1. The molecule has 6 heteroatoms. The highest BCUT2D eigenvalue weighted by Crippen LogP contribution is 2.46. The number of aromatic nitrogens is 3. The standard InChI is InChI=1S/C27H33N3O3/c1-26(2)12-13-27(3,4)23-14-18(6-11-22(23)26)16-33-20-9-7-19(8-10-20)21(15-24(31)32)25-29-28-17-30(25)5/h6-11,14,17,21H,12-13,15-16H2,1-5H3,(H,31,32)/t21-/m1/s1. The van der Waals surface area contributed by atoms with Crippen LogP contribution in [0.25, 0.3) is 0 Å². The summed E-state index contributed by atoms with van der Waals surface area (Å²) in [5, 5.41) is 17.4. The third-order valence-corrected chi connectivity index (χ3v) is 7.04. The van der Waals surface area contributed by atoms with Crippen LogP contribution in [0.1, 0.15) is 81.0 Å². The number of benzene rings is 2. The number of carboxylic acids is 1. The van der Waals surface area contributed by atoms with Crippen molar-refractivity contribution in [3.63, 3.8) is 0 Å². The van der Waals surface area contributed by atoms with E-state index in [-0.39, 0.29) is 23.2 Å². The Hall–Kier alpha value is -3.15. The summed E-state index contributed by atoms with van der Waals surface area (Å²) in [5.74, 6) is 0.144. The average molecular weight is 448 g/mol. The molecule has 0 fully saturated rings. The first-order valence-corrected chi connectivity index (χ1v) is 11.5. The minimum atomic E-state index is -0.873. The molecule has 33 heavy (non-hydrogen) atoms. The molecule has 6 nitrogen and oxygen atoms in total. The zero-order valence-corrected chi connectivity index (χ0v) is 20.1. The van der Waals surface area contributed by atoms with Crippen molar-refractivity contribution in [2.75, 3.05) is 0 Å². The predicted octanol–water partition coefficient (Wildman–Crippen LogP) is 5.35. The molecule has 0 saturated carbocycles. The highest BCUT2D eigenvalue weighted by atomic mass is 16.5. The summed E-state index contributed by atoms with van der Waals surface area (Å²) in [5.41, 5.74) is 5.28. The molecule has 0 aliphatic heterocycles. The summed E-state index contributed by atoms with van der Waals surface area (Å²) in [6.45, 7) is 9.81. The number of ether oxygens (including phenoxy) is 1. The lowest BCUT2D eigenvalue weighted by atomic mass is 9.63. The molecular weight excluding hydrogens is 414 g/mol. The van der Waals surface area contributed by atoms with Gasteiger partial charge in [0.2, 0.25) is 0 Å². The average Bonchev–Trinajstić information content (AvgIpc) is 3.20. The van der Waals surface area contributed by atoms with Gasteiger partial charge in [0.05, 0.1) is 12.3 Å². The molecule has 0 unspecified atom stereocenters. The number of aliphatic carboxylic acids is 1. The first-order chi connectivity index (χ1) is 15.6. The summed E-state index contributed by atoms with van der Waals surface area (Å²) >= 11 is 0. The van der Waals surface area contributed by atoms with Crippen LogP contribution in [0.15, 0.2) is 48.8 Å². The second-order valence-electron chi connectivity index (χ2n) is 10.5. The first-order valence-electron chi connectivity index (χ1n) is 11.5. The molecule has 1 aliphatic rings. The highest BCUT2D eigenvalue weighted by molar-refractivity contribution is 5.68. The van der Waals surface area contributed by atoms with Crippen LogP contribution in [0.5, 0.6) is 5.75 Å². The number of nitrogens with zero attached hydrogens (tertiary/aromatic N) is 3. The largest absolute Gasteiger partial charge is 0.489 e. The van der Waals surface area contributed by atoms with E-state index >= 15 is 0 Å². The van der Waals surface area contributed by atoms with E-state index in [9.17, 15) is 9.90 Å². The van der Waals surface area contributed by atoms with E-state index in [1.54, 1.807) is 10.9 Å². The molecule has 1 atom stereocenters. The van der Waals surface area contributed by atoms with Gasteiger partial charge in [-0.05, 0) is 58.1 Å². The van der Waals surface area contributed by atoms with Crippen molar-refractivity contribution in [2.24, 2.45) is 7.05 Å². The molecule has 0 spiro atoms. The third-order valence-electron chi connectivity index (χ3n) is 7.04. The fourth-order valence-electron chi connectivity index (χ4n) is 4.83. The third kappa shape index (κ3) is 4.80. The van der Waals surface area contributed by atoms with Gasteiger partial charge in [0.1, 0.15) is 24.5 Å². The molecule has 0 saturated heterocycles. The summed E-state index contributed by atoms with van der Waals surface area (Å²) < 4.78 is 7.84. The second kappa shape index (κ2) is 8.65. The maximum absolute atomic E-state index is 11.4. The predicted molar refractivity (Wildman–Crippen MR) is 128 cm³/mol. The quantitative estimate of drug-likeness (QED) is 0.528. The van der Waals surface area contributed by atoms with Crippen LogP contribution in [-0.4, -0.2) is 25.8 Å². The van der Waals surface area contributed by atoms with Gasteiger partial charge in [-0.3, -0.25) is 4.79 Å². The van der Waals surface area contributed by atoms with E-state index in [4.69, 9.17) is 4.74 Å². The van der Waals surface area contributed by atoms with Crippen LogP contribution in [-0.2, 0) is 29.3 Å². The molecule has 2 aromatic carbocycles. The Balaban J connectivity index is 1.50. The van der Waals surface area contributed by atoms with Crippen molar-refractivity contribution < 1.29 is 14.6 Å². The summed E-state index contributed by atoms with van der Waals surface area (Å²) in [6.07, 6.45) is 3.92. The molecule has 1 N–H and O–H groups in total. The van der Waals surface area contributed by atoms with Crippen LogP contribution in [0.4, 0.5) is 0 Å². The minimum Gasteiger partial charge on any atom is -0.489 e. The Kier molecular flexibility index (Phi) is 6.04. The Bertz CT molecular complexity index is 1150. The Morgan fingerprint density at radius 2 is 1.73 bits per heavy atom. The van der Waals surface area contributed by atoms with Crippen molar-refractivity contribution in [2.45, 2.75) is 70.3 Å². The van der Waals surface area contributed by atoms with E-state index in [0.717, 1.165) is 16.9 Å². The van der Waals surface area contributed by atoms with E-state index in [1.807, 2.05) is 31.3 Å². The first kappa shape index (κ1) is 23.0. The van der Waals surface area contributed by atoms with Gasteiger partial charge in [-0.15, -0.1) is 10.2 Å². The van der Waals surface area contributed by atoms with E-state index in [1.165, 1.54) is 24.0 Å². The Morgan fingerprint density at radius 3 is 2.33 bits per heavy atom. The lowest BCUT2D eigenvalue weighted by molar-refractivity contribution is -0.137. The van der Waals surface area contributed by atoms with Crippen LogP contribution in [0, 0.1) is 0 Å². The lowest BCUT2D eigenvalue weighted by Crippen LogP contribution is -2.33. The van der Waals surface area contributed by atoms with Gasteiger partial charge in [0.25, 0.3) is 0 Å². The molecule has 1 aliphatic carbocycles. The fraction of sp³-hybridized carbons (Fsp3) is 0.444. The van der Waals surface area contributed by atoms with Crippen molar-refractivity contribution >= 4 is 5.97 Å². The maximum atomic E-state index is 11.4. The second-order valence-corrected chi connectivity index (χ2v) is 10.5. The van der Waals surface area contributed by atoms with Crippen LogP contribution in [0.3, 0.4) is 0 Å². The van der Waals surface area contributed by atoms with Gasteiger partial charge in [-0.2, -0.15) is 0 Å². The molecular formula is C27H33N3O3. The number of aryl methyl sites for hydroxylation is 1. The molecule has 0 radical (unpaired) electrons. The van der Waals surface area contributed by atoms with Gasteiger partial charge >= 0.3 is 5.97 Å². The SMILES string of the molecule is Cn1cnnc1[C@H](CC(=O)O)c1ccc(OCc2ccc3c(c2)C(C)(C)CCC3(C)C)cc1. The molecule has 0 bridgehead atoms. The summed E-state index contributed by atoms with van der Waals surface area (Å²) in [7, 11) is 1.82. The van der Waals surface area contributed by atoms with Crippen LogP contribution >= 0.6 is 0 Å². The molecule has 4 rings (SSSR count). The van der Waals surface area contributed by atoms with Gasteiger partial charge in [0.15, 0.2) is 0 Å². The highest BCUT2D eigenvalue weighted by Gasteiger charge is 2.36. The molecule has 174 valence electrons. The van der Waals surface area contributed by atoms with Crippen molar-refractivity contribution in [1.82, 2.24) is 14.8 Å². The number of carboxylic acid groups (broad SMARTS) is 1. The normalized spacial score (nSPS) is 17.2. The van der Waals surface area contributed by atoms with Gasteiger partial charge < -0.3 is 14.4 Å². The number of fused-ring (bicyclic) bond motifs is 1. The van der Waals surface area contributed by atoms with Crippen molar-refractivity contribution in [1.29, 1.82) is 0 Å². The van der Waals surface area contributed by atoms with Gasteiger partial charge in [-0.25, -0.2) is 0 Å². The monoisotopic (exact) mass is 447 g/mol. The minimum absolute atomic E-state index is 0.0476.